The molecule has 3 nitrogen and oxygen atoms in total. The molecule has 2 atom stereocenters. The Bertz CT molecular complexity index is 689. The first-order valence-corrected chi connectivity index (χ1v) is 8.04. The van der Waals surface area contributed by atoms with E-state index in [0.717, 1.165) is 22.5 Å². The van der Waals surface area contributed by atoms with E-state index >= 15 is 0 Å². The Morgan fingerprint density at radius 1 is 1.29 bits per heavy atom. The quantitative estimate of drug-likeness (QED) is 0.927. The van der Waals surface area contributed by atoms with E-state index in [4.69, 9.17) is 0 Å². The highest BCUT2D eigenvalue weighted by atomic mass is 16.1. The van der Waals surface area contributed by atoms with Crippen LogP contribution in [0.2, 0.25) is 0 Å². The van der Waals surface area contributed by atoms with Crippen LogP contribution in [0.5, 0.6) is 0 Å². The molecule has 2 unspecified atom stereocenters. The zero-order valence-corrected chi connectivity index (χ0v) is 12.9. The van der Waals surface area contributed by atoms with E-state index < -0.39 is 0 Å². The van der Waals surface area contributed by atoms with Crippen LogP contribution in [0.15, 0.2) is 35.1 Å². The molecule has 1 fully saturated rings. The maximum Gasteiger partial charge on any atom is 0.252 e. The molecule has 1 aromatic heterocycles. The Balaban J connectivity index is 1.94. The van der Waals surface area contributed by atoms with Crippen LogP contribution < -0.4 is 10.9 Å². The van der Waals surface area contributed by atoms with Gasteiger partial charge in [-0.05, 0) is 24.8 Å². The lowest BCUT2D eigenvalue weighted by Gasteiger charge is -2.30. The second-order valence-corrected chi connectivity index (χ2v) is 6.25. The predicted octanol–water partition coefficient (Wildman–Crippen LogP) is 3.92. The fourth-order valence-corrected chi connectivity index (χ4v) is 3.54. The Kier molecular flexibility index (Phi) is 4.00. The number of para-hydroxylation sites is 1. The van der Waals surface area contributed by atoms with Crippen LogP contribution in [0.25, 0.3) is 10.9 Å². The average Bonchev–Trinajstić information content (AvgIpc) is 2.52. The van der Waals surface area contributed by atoms with Crippen molar-refractivity contribution in [3.8, 4) is 0 Å². The van der Waals surface area contributed by atoms with Crippen molar-refractivity contribution in [2.45, 2.75) is 45.1 Å². The summed E-state index contributed by atoms with van der Waals surface area (Å²) in [6, 6.07) is 10.4. The molecule has 21 heavy (non-hydrogen) atoms. The standard InChI is InChI=1S/C18H24N2O/c1-3-13-7-6-8-14(11-13)19-16-12-18(21)20(2)17-10-5-4-9-15(16)17/h4-5,9-10,12-14,19H,3,6-8,11H2,1-2H3. The lowest BCUT2D eigenvalue weighted by Crippen LogP contribution is -2.28. The SMILES string of the molecule is CCC1CCCC(Nc2cc(=O)n(C)c3ccccc23)C1. The number of hydrogen-bond acceptors (Lipinski definition) is 2. The van der Waals surface area contributed by atoms with E-state index in [2.05, 4.69) is 18.3 Å². The molecule has 0 spiro atoms. The number of aryl methyl sites for hydroxylation is 1. The molecule has 2 aromatic rings. The minimum absolute atomic E-state index is 0.0547. The predicted molar refractivity (Wildman–Crippen MR) is 88.8 cm³/mol. The monoisotopic (exact) mass is 284 g/mol. The first-order valence-electron chi connectivity index (χ1n) is 8.04. The van der Waals surface area contributed by atoms with Gasteiger partial charge in [-0.2, -0.15) is 0 Å². The Morgan fingerprint density at radius 3 is 2.90 bits per heavy atom. The van der Waals surface area contributed by atoms with Gasteiger partial charge in [-0.25, -0.2) is 0 Å². The maximum atomic E-state index is 12.1. The second-order valence-electron chi connectivity index (χ2n) is 6.25. The first-order chi connectivity index (χ1) is 10.2. The van der Waals surface area contributed by atoms with Gasteiger partial charge in [-0.3, -0.25) is 4.79 Å². The van der Waals surface area contributed by atoms with Crippen LogP contribution in [0.4, 0.5) is 5.69 Å². The van der Waals surface area contributed by atoms with Crippen molar-refractivity contribution in [2.75, 3.05) is 5.32 Å². The highest BCUT2D eigenvalue weighted by molar-refractivity contribution is 5.91. The lowest BCUT2D eigenvalue weighted by molar-refractivity contribution is 0.327. The summed E-state index contributed by atoms with van der Waals surface area (Å²) in [5, 5.41) is 4.78. The molecule has 1 aromatic carbocycles. The molecule has 0 radical (unpaired) electrons. The summed E-state index contributed by atoms with van der Waals surface area (Å²) in [7, 11) is 1.84. The Labute approximate surface area is 126 Å². The number of aromatic nitrogens is 1. The van der Waals surface area contributed by atoms with Gasteiger partial charge in [-0.1, -0.05) is 44.4 Å². The third kappa shape index (κ3) is 2.82. The van der Waals surface area contributed by atoms with Crippen LogP contribution in [0.3, 0.4) is 0 Å². The van der Waals surface area contributed by atoms with Crippen molar-refractivity contribution >= 4 is 16.6 Å². The van der Waals surface area contributed by atoms with Crippen LogP contribution in [0.1, 0.15) is 39.0 Å². The van der Waals surface area contributed by atoms with Crippen LogP contribution >= 0.6 is 0 Å². The molecule has 3 rings (SSSR count). The minimum Gasteiger partial charge on any atom is -0.382 e. The summed E-state index contributed by atoms with van der Waals surface area (Å²) in [6.07, 6.45) is 6.33. The summed E-state index contributed by atoms with van der Waals surface area (Å²) >= 11 is 0. The molecule has 0 aliphatic heterocycles. The number of nitrogens with one attached hydrogen (secondary N) is 1. The summed E-state index contributed by atoms with van der Waals surface area (Å²) in [5.41, 5.74) is 2.05. The third-order valence-electron chi connectivity index (χ3n) is 4.87. The van der Waals surface area contributed by atoms with E-state index in [9.17, 15) is 4.79 Å². The summed E-state index contributed by atoms with van der Waals surface area (Å²) in [5.74, 6) is 0.828. The van der Waals surface area contributed by atoms with E-state index in [-0.39, 0.29) is 5.56 Å². The highest BCUT2D eigenvalue weighted by Gasteiger charge is 2.21. The zero-order chi connectivity index (χ0) is 14.8. The third-order valence-corrected chi connectivity index (χ3v) is 4.87. The molecule has 112 valence electrons. The summed E-state index contributed by atoms with van der Waals surface area (Å²) in [6.45, 7) is 2.28. The molecule has 0 amide bonds. The number of rotatable bonds is 3. The number of anilines is 1. The number of fused-ring (bicyclic) bond motifs is 1. The second kappa shape index (κ2) is 5.92. The van der Waals surface area contributed by atoms with Crippen molar-refractivity contribution in [1.29, 1.82) is 0 Å². The van der Waals surface area contributed by atoms with Gasteiger partial charge in [0.05, 0.1) is 5.52 Å². The minimum atomic E-state index is 0.0547. The normalized spacial score (nSPS) is 22.4. The van der Waals surface area contributed by atoms with Crippen molar-refractivity contribution in [1.82, 2.24) is 4.57 Å². The number of hydrogen-bond donors (Lipinski definition) is 1. The molecule has 0 saturated heterocycles. The smallest absolute Gasteiger partial charge is 0.252 e. The van der Waals surface area contributed by atoms with Gasteiger partial charge < -0.3 is 9.88 Å². The molecule has 1 aliphatic carbocycles. The van der Waals surface area contributed by atoms with Gasteiger partial charge in [0.25, 0.3) is 5.56 Å². The Hall–Kier alpha value is -1.77. The molecule has 0 bridgehead atoms. The highest BCUT2D eigenvalue weighted by Crippen LogP contribution is 2.30. The average molecular weight is 284 g/mol. The largest absolute Gasteiger partial charge is 0.382 e. The molecular formula is C18H24N2O. The molecule has 1 N–H and O–H groups in total. The van der Waals surface area contributed by atoms with E-state index in [0.29, 0.717) is 6.04 Å². The van der Waals surface area contributed by atoms with Crippen LogP contribution in [0, 0.1) is 5.92 Å². The summed E-state index contributed by atoms with van der Waals surface area (Å²) < 4.78 is 1.72. The van der Waals surface area contributed by atoms with Crippen molar-refractivity contribution in [2.24, 2.45) is 13.0 Å². The lowest BCUT2D eigenvalue weighted by atomic mass is 9.84. The van der Waals surface area contributed by atoms with Crippen LogP contribution in [-0.2, 0) is 7.05 Å². The van der Waals surface area contributed by atoms with E-state index in [1.165, 1.54) is 32.1 Å². The first kappa shape index (κ1) is 14.2. The van der Waals surface area contributed by atoms with Crippen molar-refractivity contribution in [3.63, 3.8) is 0 Å². The van der Waals surface area contributed by atoms with E-state index in [1.807, 2.05) is 25.2 Å². The number of benzene rings is 1. The van der Waals surface area contributed by atoms with Crippen molar-refractivity contribution in [3.05, 3.63) is 40.7 Å². The van der Waals surface area contributed by atoms with Gasteiger partial charge in [0.1, 0.15) is 0 Å². The van der Waals surface area contributed by atoms with Gasteiger partial charge in [0.2, 0.25) is 0 Å². The van der Waals surface area contributed by atoms with Gasteiger partial charge in [-0.15, -0.1) is 0 Å². The molecule has 3 heteroatoms. The molecule has 1 aliphatic rings. The fraction of sp³-hybridized carbons (Fsp3) is 0.500. The van der Waals surface area contributed by atoms with Crippen LogP contribution in [-0.4, -0.2) is 10.6 Å². The Morgan fingerprint density at radius 2 is 2.10 bits per heavy atom. The van der Waals surface area contributed by atoms with Gasteiger partial charge in [0, 0.05) is 30.2 Å². The fourth-order valence-electron chi connectivity index (χ4n) is 3.54. The summed E-state index contributed by atoms with van der Waals surface area (Å²) in [4.78, 5) is 12.1. The maximum absolute atomic E-state index is 12.1. The van der Waals surface area contributed by atoms with Gasteiger partial charge in [0.15, 0.2) is 0 Å². The van der Waals surface area contributed by atoms with Crippen molar-refractivity contribution < 1.29 is 0 Å². The molecular weight excluding hydrogens is 260 g/mol. The van der Waals surface area contributed by atoms with Gasteiger partial charge >= 0.3 is 0 Å². The number of nitrogens with zero attached hydrogens (tertiary/aromatic N) is 1. The topological polar surface area (TPSA) is 34.0 Å². The molecule has 1 heterocycles. The molecule has 1 saturated carbocycles. The number of pyridine rings is 1. The zero-order valence-electron chi connectivity index (χ0n) is 12.9. The van der Waals surface area contributed by atoms with E-state index in [1.54, 1.807) is 10.6 Å².